The van der Waals surface area contributed by atoms with Crippen molar-refractivity contribution in [2.24, 2.45) is 5.92 Å². The summed E-state index contributed by atoms with van der Waals surface area (Å²) in [6, 6.07) is 0.966. The van der Waals surface area contributed by atoms with Gasteiger partial charge in [0.1, 0.15) is 0 Å². The summed E-state index contributed by atoms with van der Waals surface area (Å²) in [4.78, 5) is 2.56. The maximum Gasteiger partial charge on any atom is 0.0121 e. The first-order valence-corrected chi connectivity index (χ1v) is 5.58. The third-order valence-corrected chi connectivity index (χ3v) is 3.29. The van der Waals surface area contributed by atoms with Gasteiger partial charge in [-0.25, -0.2) is 0 Å². The van der Waals surface area contributed by atoms with Crippen LogP contribution in [0.15, 0.2) is 0 Å². The lowest BCUT2D eigenvalue weighted by molar-refractivity contribution is 0.215. The van der Waals surface area contributed by atoms with E-state index in [-0.39, 0.29) is 0 Å². The van der Waals surface area contributed by atoms with E-state index >= 15 is 0 Å². The smallest absolute Gasteiger partial charge is 0.0121 e. The van der Waals surface area contributed by atoms with E-state index < -0.39 is 0 Å². The summed E-state index contributed by atoms with van der Waals surface area (Å²) < 4.78 is 0. The first-order valence-electron chi connectivity index (χ1n) is 5.58. The minimum atomic E-state index is 0.966. The molecule has 1 heterocycles. The molecule has 1 heteroatoms. The fourth-order valence-corrected chi connectivity index (χ4v) is 2.64. The molecule has 1 saturated heterocycles. The van der Waals surface area contributed by atoms with Gasteiger partial charge in [-0.15, -0.1) is 0 Å². The Morgan fingerprint density at radius 2 is 1.67 bits per heavy atom. The lowest BCUT2D eigenvalue weighted by Crippen LogP contribution is -2.31. The average molecular weight is 169 g/mol. The molecule has 1 aliphatic carbocycles. The normalized spacial score (nSPS) is 35.2. The number of rotatable bonds is 0. The van der Waals surface area contributed by atoms with Crippen LogP contribution in [0.3, 0.4) is 0 Å². The van der Waals surface area contributed by atoms with Crippen LogP contribution in [0.25, 0.3) is 0 Å². The summed E-state index contributed by atoms with van der Waals surface area (Å²) in [5, 5.41) is 0. The van der Waals surface area contributed by atoms with Gasteiger partial charge in [-0.2, -0.15) is 0 Å². The minimum absolute atomic E-state index is 0.966. The number of nitrogens with zero attached hydrogens (tertiary/aromatic N) is 1. The van der Waals surface area contributed by atoms with Crippen molar-refractivity contribution in [3.63, 3.8) is 0 Å². The lowest BCUT2D eigenvalue weighted by atomic mass is 9.85. The van der Waals surface area contributed by atoms with E-state index in [0.717, 1.165) is 12.0 Å². The van der Waals surface area contributed by atoms with Crippen molar-refractivity contribution >= 4 is 0 Å². The molecule has 0 aromatic heterocycles. The van der Waals surface area contributed by atoms with Crippen LogP contribution in [0.4, 0.5) is 0 Å². The van der Waals surface area contributed by atoms with Crippen molar-refractivity contribution in [2.75, 3.05) is 13.6 Å². The average Bonchev–Trinajstić information content (AvgIpc) is 2.53. The second-order valence-corrected chi connectivity index (χ2v) is 3.88. The lowest BCUT2D eigenvalue weighted by Gasteiger charge is -2.28. The van der Waals surface area contributed by atoms with Crippen LogP contribution >= 0.6 is 0 Å². The van der Waals surface area contributed by atoms with Crippen LogP contribution < -0.4 is 0 Å². The molecule has 0 unspecified atom stereocenters. The van der Waals surface area contributed by atoms with E-state index in [4.69, 9.17) is 0 Å². The van der Waals surface area contributed by atoms with Crippen LogP contribution in [-0.2, 0) is 0 Å². The molecule has 1 nitrogen and oxygen atoms in total. The Labute approximate surface area is 77.1 Å². The zero-order valence-electron chi connectivity index (χ0n) is 8.84. The van der Waals surface area contributed by atoms with Crippen LogP contribution in [0.1, 0.15) is 46.0 Å². The molecule has 1 aliphatic heterocycles. The van der Waals surface area contributed by atoms with Crippen molar-refractivity contribution < 1.29 is 0 Å². The first kappa shape index (κ1) is 10.0. The Hall–Kier alpha value is -0.0400. The van der Waals surface area contributed by atoms with E-state index in [1.165, 1.54) is 38.6 Å². The largest absolute Gasteiger partial charge is 0.303 e. The molecule has 0 N–H and O–H groups in total. The van der Waals surface area contributed by atoms with Gasteiger partial charge in [0.2, 0.25) is 0 Å². The molecular formula is C11H23N. The van der Waals surface area contributed by atoms with Gasteiger partial charge in [0.15, 0.2) is 0 Å². The summed E-state index contributed by atoms with van der Waals surface area (Å²) >= 11 is 0. The Morgan fingerprint density at radius 3 is 2.33 bits per heavy atom. The molecule has 2 atom stereocenters. The SMILES string of the molecule is CC.CN1CC[C@@H]2CCCC[C@@H]21. The molecule has 0 radical (unpaired) electrons. The highest BCUT2D eigenvalue weighted by Crippen LogP contribution is 2.34. The van der Waals surface area contributed by atoms with Crippen molar-refractivity contribution in [3.05, 3.63) is 0 Å². The van der Waals surface area contributed by atoms with Crippen LogP contribution in [0.2, 0.25) is 0 Å². The van der Waals surface area contributed by atoms with Gasteiger partial charge in [0.25, 0.3) is 0 Å². The van der Waals surface area contributed by atoms with E-state index in [1.807, 2.05) is 13.8 Å². The van der Waals surface area contributed by atoms with Crippen LogP contribution in [0, 0.1) is 5.92 Å². The van der Waals surface area contributed by atoms with E-state index in [9.17, 15) is 0 Å². The van der Waals surface area contributed by atoms with Crippen molar-refractivity contribution in [3.8, 4) is 0 Å². The van der Waals surface area contributed by atoms with Gasteiger partial charge < -0.3 is 4.90 Å². The number of fused-ring (bicyclic) bond motifs is 1. The number of hydrogen-bond acceptors (Lipinski definition) is 1. The molecule has 72 valence electrons. The molecular weight excluding hydrogens is 146 g/mol. The summed E-state index contributed by atoms with van der Waals surface area (Å²) in [5.74, 6) is 1.07. The molecule has 2 rings (SSSR count). The molecule has 0 aromatic carbocycles. The highest BCUT2D eigenvalue weighted by atomic mass is 15.2. The maximum atomic E-state index is 2.56. The van der Waals surface area contributed by atoms with Gasteiger partial charge in [-0.3, -0.25) is 0 Å². The summed E-state index contributed by atoms with van der Waals surface area (Å²) in [6.45, 7) is 5.36. The molecule has 0 aromatic rings. The minimum Gasteiger partial charge on any atom is -0.303 e. The Morgan fingerprint density at radius 1 is 1.00 bits per heavy atom. The third kappa shape index (κ3) is 2.01. The highest BCUT2D eigenvalue weighted by molar-refractivity contribution is 4.87. The van der Waals surface area contributed by atoms with Crippen molar-refractivity contribution in [2.45, 2.75) is 52.0 Å². The topological polar surface area (TPSA) is 3.24 Å². The van der Waals surface area contributed by atoms with Gasteiger partial charge in [0, 0.05) is 6.04 Å². The van der Waals surface area contributed by atoms with E-state index in [0.29, 0.717) is 0 Å². The molecule has 0 amide bonds. The zero-order valence-corrected chi connectivity index (χ0v) is 8.84. The van der Waals surface area contributed by atoms with Gasteiger partial charge in [0.05, 0.1) is 0 Å². The van der Waals surface area contributed by atoms with Crippen molar-refractivity contribution in [1.29, 1.82) is 0 Å². The molecule has 0 spiro atoms. The second-order valence-electron chi connectivity index (χ2n) is 3.88. The Balaban J connectivity index is 0.000000336. The van der Waals surface area contributed by atoms with Gasteiger partial charge >= 0.3 is 0 Å². The Bertz CT molecular complexity index is 120. The molecule has 12 heavy (non-hydrogen) atoms. The Kier molecular flexibility index (Phi) is 4.07. The number of likely N-dealkylation sites (tertiary alicyclic amines) is 1. The molecule has 2 aliphatic rings. The summed E-state index contributed by atoms with van der Waals surface area (Å²) in [7, 11) is 2.29. The molecule has 0 bridgehead atoms. The molecule has 2 fully saturated rings. The third-order valence-electron chi connectivity index (χ3n) is 3.29. The van der Waals surface area contributed by atoms with E-state index in [2.05, 4.69) is 11.9 Å². The molecule has 1 saturated carbocycles. The predicted octanol–water partition coefficient (Wildman–Crippen LogP) is 2.91. The number of hydrogen-bond donors (Lipinski definition) is 0. The van der Waals surface area contributed by atoms with Crippen LogP contribution in [-0.4, -0.2) is 24.5 Å². The van der Waals surface area contributed by atoms with E-state index in [1.54, 1.807) is 0 Å². The fraction of sp³-hybridized carbons (Fsp3) is 1.00. The predicted molar refractivity (Wildman–Crippen MR) is 54.3 cm³/mol. The summed E-state index contributed by atoms with van der Waals surface area (Å²) in [5.41, 5.74) is 0. The van der Waals surface area contributed by atoms with Crippen LogP contribution in [0.5, 0.6) is 0 Å². The second kappa shape index (κ2) is 4.86. The maximum absolute atomic E-state index is 2.56. The highest BCUT2D eigenvalue weighted by Gasteiger charge is 2.32. The van der Waals surface area contributed by atoms with Crippen molar-refractivity contribution in [1.82, 2.24) is 4.90 Å². The summed E-state index contributed by atoms with van der Waals surface area (Å²) in [6.07, 6.45) is 7.43. The standard InChI is InChI=1S/C9H17N.C2H6/c1-10-7-6-8-4-2-3-5-9(8)10;1-2/h8-9H,2-7H2,1H3;1-2H3/t8-,9-;/m0./s1. The fourth-order valence-electron chi connectivity index (χ4n) is 2.64. The van der Waals surface area contributed by atoms with Gasteiger partial charge in [-0.1, -0.05) is 26.7 Å². The zero-order chi connectivity index (χ0) is 8.97. The monoisotopic (exact) mass is 169 g/mol. The van der Waals surface area contributed by atoms with Gasteiger partial charge in [-0.05, 0) is 38.8 Å². The quantitative estimate of drug-likeness (QED) is 0.539. The first-order chi connectivity index (χ1) is 5.88.